The maximum Gasteiger partial charge on any atom is 0.225 e. The molecule has 0 spiro atoms. The fourth-order valence-electron chi connectivity index (χ4n) is 4.03. The fraction of sp³-hybridized carbons (Fsp3) is 0.417. The lowest BCUT2D eigenvalue weighted by atomic mass is 9.98. The molecule has 0 unspecified atom stereocenters. The van der Waals surface area contributed by atoms with Crippen LogP contribution in [-0.2, 0) is 22.7 Å². The molecule has 31 heavy (non-hydrogen) atoms. The second-order valence-electron chi connectivity index (χ2n) is 8.00. The zero-order chi connectivity index (χ0) is 21.6. The fourth-order valence-corrected chi connectivity index (χ4v) is 4.03. The summed E-state index contributed by atoms with van der Waals surface area (Å²) < 4.78 is 11.3. The Morgan fingerprint density at radius 1 is 1.16 bits per heavy atom. The number of ether oxygens (including phenoxy) is 2. The number of carbonyl (C=O) groups excluding carboxylic acids is 1. The van der Waals surface area contributed by atoms with Gasteiger partial charge in [0.2, 0.25) is 5.91 Å². The van der Waals surface area contributed by atoms with Gasteiger partial charge in [0.05, 0.1) is 30.4 Å². The minimum atomic E-state index is 0.112. The van der Waals surface area contributed by atoms with Crippen LogP contribution in [0.3, 0.4) is 0 Å². The molecule has 1 amide bonds. The number of nitrogens with zero attached hydrogens (tertiary/aromatic N) is 3. The number of rotatable bonds is 7. The quantitative estimate of drug-likeness (QED) is 0.740. The summed E-state index contributed by atoms with van der Waals surface area (Å²) in [6.07, 6.45) is 0. The summed E-state index contributed by atoms with van der Waals surface area (Å²) in [7, 11) is 1.68. The number of amides is 1. The maximum absolute atomic E-state index is 11.6. The number of morpholine rings is 1. The first-order valence-corrected chi connectivity index (χ1v) is 10.7. The predicted molar refractivity (Wildman–Crippen MR) is 118 cm³/mol. The number of hydrogen-bond acceptors (Lipinski definition) is 6. The molecule has 162 valence electrons. The highest BCUT2D eigenvalue weighted by Crippen LogP contribution is 2.24. The van der Waals surface area contributed by atoms with Crippen molar-refractivity contribution < 1.29 is 14.3 Å². The van der Waals surface area contributed by atoms with E-state index in [1.54, 1.807) is 7.05 Å². The van der Waals surface area contributed by atoms with Gasteiger partial charge in [-0.3, -0.25) is 9.69 Å². The maximum atomic E-state index is 11.6. The number of nitriles is 1. The molecule has 0 atom stereocenters. The lowest BCUT2D eigenvalue weighted by molar-refractivity contribution is -0.129. The van der Waals surface area contributed by atoms with Gasteiger partial charge in [0.1, 0.15) is 18.4 Å². The van der Waals surface area contributed by atoms with Crippen molar-refractivity contribution in [2.24, 2.45) is 5.92 Å². The van der Waals surface area contributed by atoms with Crippen molar-refractivity contribution in [3.05, 3.63) is 59.2 Å². The molecule has 4 rings (SSSR count). The minimum Gasteiger partial charge on any atom is -0.489 e. The molecule has 7 heteroatoms. The Balaban J connectivity index is 1.29. The molecule has 2 aromatic carbocycles. The first-order chi connectivity index (χ1) is 15.2. The van der Waals surface area contributed by atoms with E-state index in [0.717, 1.165) is 49.7 Å². The van der Waals surface area contributed by atoms with E-state index in [9.17, 15) is 10.1 Å². The van der Waals surface area contributed by atoms with E-state index in [4.69, 9.17) is 9.47 Å². The lowest BCUT2D eigenvalue weighted by Gasteiger charge is -2.38. The first-order valence-electron chi connectivity index (χ1n) is 10.7. The Morgan fingerprint density at radius 2 is 1.87 bits per heavy atom. The first kappa shape index (κ1) is 21.2. The second kappa shape index (κ2) is 9.82. The van der Waals surface area contributed by atoms with Gasteiger partial charge in [-0.2, -0.15) is 5.26 Å². The van der Waals surface area contributed by atoms with Gasteiger partial charge in [0.25, 0.3) is 0 Å². The number of benzene rings is 2. The molecular weight excluding hydrogens is 392 g/mol. The number of anilines is 1. The molecule has 0 aliphatic carbocycles. The van der Waals surface area contributed by atoms with Crippen molar-refractivity contribution >= 4 is 11.6 Å². The topological polar surface area (TPSA) is 77.8 Å². The molecule has 0 bridgehead atoms. The third-order valence-electron chi connectivity index (χ3n) is 5.84. The zero-order valence-electron chi connectivity index (χ0n) is 17.8. The third-order valence-corrected chi connectivity index (χ3v) is 5.84. The van der Waals surface area contributed by atoms with E-state index in [1.807, 2.05) is 30.3 Å². The molecule has 0 saturated carbocycles. The van der Waals surface area contributed by atoms with Gasteiger partial charge >= 0.3 is 0 Å². The van der Waals surface area contributed by atoms with Crippen LogP contribution in [0.5, 0.6) is 5.75 Å². The highest BCUT2D eigenvalue weighted by molar-refractivity contribution is 5.79. The van der Waals surface area contributed by atoms with Gasteiger partial charge in [-0.15, -0.1) is 0 Å². The van der Waals surface area contributed by atoms with Gasteiger partial charge in [0, 0.05) is 39.8 Å². The van der Waals surface area contributed by atoms with Crippen LogP contribution in [-0.4, -0.2) is 57.2 Å². The van der Waals surface area contributed by atoms with Crippen LogP contribution < -0.4 is 15.0 Å². The summed E-state index contributed by atoms with van der Waals surface area (Å²) in [5.74, 6) is 1.03. The average molecular weight is 421 g/mol. The van der Waals surface area contributed by atoms with E-state index in [2.05, 4.69) is 33.3 Å². The number of nitrogens with one attached hydrogen (secondary N) is 1. The Kier molecular flexibility index (Phi) is 6.70. The molecule has 1 N–H and O–H groups in total. The molecule has 0 aromatic heterocycles. The number of likely N-dealkylation sites (tertiary alicyclic amines) is 1. The Bertz CT molecular complexity index is 942. The van der Waals surface area contributed by atoms with E-state index in [0.29, 0.717) is 25.4 Å². The van der Waals surface area contributed by atoms with Crippen LogP contribution in [0.25, 0.3) is 0 Å². The van der Waals surface area contributed by atoms with Gasteiger partial charge in [0.15, 0.2) is 0 Å². The van der Waals surface area contributed by atoms with Crippen LogP contribution in [0, 0.1) is 17.2 Å². The molecule has 7 nitrogen and oxygen atoms in total. The predicted octanol–water partition coefficient (Wildman–Crippen LogP) is 2.15. The Hall–Kier alpha value is -3.08. The van der Waals surface area contributed by atoms with Crippen LogP contribution in [0.1, 0.15) is 16.7 Å². The summed E-state index contributed by atoms with van der Waals surface area (Å²) in [4.78, 5) is 16.0. The molecule has 2 fully saturated rings. The van der Waals surface area contributed by atoms with Gasteiger partial charge < -0.3 is 19.7 Å². The third kappa shape index (κ3) is 5.16. The minimum absolute atomic E-state index is 0.112. The van der Waals surface area contributed by atoms with Crippen molar-refractivity contribution in [1.82, 2.24) is 10.2 Å². The summed E-state index contributed by atoms with van der Waals surface area (Å²) in [5.41, 5.74) is 3.80. The second-order valence-corrected chi connectivity index (χ2v) is 8.00. The summed E-state index contributed by atoms with van der Waals surface area (Å²) in [6, 6.07) is 16.3. The van der Waals surface area contributed by atoms with Crippen molar-refractivity contribution in [2.75, 3.05) is 51.3 Å². The summed E-state index contributed by atoms with van der Waals surface area (Å²) in [6.45, 7) is 5.86. The van der Waals surface area contributed by atoms with Crippen LogP contribution in [0.4, 0.5) is 5.69 Å². The molecule has 2 saturated heterocycles. The number of hydrogen-bond donors (Lipinski definition) is 1. The summed E-state index contributed by atoms with van der Waals surface area (Å²) >= 11 is 0. The Morgan fingerprint density at radius 3 is 2.55 bits per heavy atom. The molecule has 0 radical (unpaired) electrons. The van der Waals surface area contributed by atoms with Crippen LogP contribution >= 0.6 is 0 Å². The van der Waals surface area contributed by atoms with E-state index < -0.39 is 0 Å². The molecule has 2 aliphatic rings. The standard InChI is InChI=1S/C24H28N4O3/c1-26-24(29)21-15-27(16-21)14-18-2-5-22(6-3-18)31-17-19-4-7-23(20(12-19)13-25)28-8-10-30-11-9-28/h2-7,12,21H,8-11,14-17H2,1H3,(H,26,29). The van der Waals surface area contributed by atoms with E-state index in [1.165, 1.54) is 5.56 Å². The van der Waals surface area contributed by atoms with Gasteiger partial charge in [-0.25, -0.2) is 0 Å². The van der Waals surface area contributed by atoms with Gasteiger partial charge in [-0.05, 0) is 35.4 Å². The molecule has 2 aliphatic heterocycles. The highest BCUT2D eigenvalue weighted by atomic mass is 16.5. The SMILES string of the molecule is CNC(=O)C1CN(Cc2ccc(OCc3ccc(N4CCOCC4)c(C#N)c3)cc2)C1. The Labute approximate surface area is 183 Å². The summed E-state index contributed by atoms with van der Waals surface area (Å²) in [5, 5.41) is 12.3. The highest BCUT2D eigenvalue weighted by Gasteiger charge is 2.31. The zero-order valence-corrected chi connectivity index (χ0v) is 17.8. The van der Waals surface area contributed by atoms with Crippen LogP contribution in [0.15, 0.2) is 42.5 Å². The van der Waals surface area contributed by atoms with Crippen molar-refractivity contribution in [1.29, 1.82) is 5.26 Å². The van der Waals surface area contributed by atoms with Crippen molar-refractivity contribution in [3.63, 3.8) is 0 Å². The normalized spacial score (nSPS) is 17.0. The van der Waals surface area contributed by atoms with Gasteiger partial charge in [-0.1, -0.05) is 18.2 Å². The smallest absolute Gasteiger partial charge is 0.225 e. The van der Waals surface area contributed by atoms with E-state index >= 15 is 0 Å². The monoisotopic (exact) mass is 420 g/mol. The van der Waals surface area contributed by atoms with Crippen molar-refractivity contribution in [3.8, 4) is 11.8 Å². The largest absolute Gasteiger partial charge is 0.489 e. The van der Waals surface area contributed by atoms with Crippen molar-refractivity contribution in [2.45, 2.75) is 13.2 Å². The number of carbonyl (C=O) groups is 1. The molecular formula is C24H28N4O3. The average Bonchev–Trinajstić information content (AvgIpc) is 2.80. The molecule has 2 aromatic rings. The molecule has 2 heterocycles. The van der Waals surface area contributed by atoms with E-state index in [-0.39, 0.29) is 11.8 Å². The lowest BCUT2D eigenvalue weighted by Crippen LogP contribution is -2.52. The van der Waals surface area contributed by atoms with Crippen LogP contribution in [0.2, 0.25) is 0 Å².